The van der Waals surface area contributed by atoms with Crippen molar-refractivity contribution in [1.82, 2.24) is 0 Å². The Balaban J connectivity index is 2.29. The first-order valence-corrected chi connectivity index (χ1v) is 6.42. The Kier molecular flexibility index (Phi) is 4.75. The highest BCUT2D eigenvalue weighted by Gasteiger charge is 2.14. The summed E-state index contributed by atoms with van der Waals surface area (Å²) in [6.45, 7) is 1.54. The van der Waals surface area contributed by atoms with Crippen molar-refractivity contribution in [2.75, 3.05) is 11.9 Å². The van der Waals surface area contributed by atoms with Gasteiger partial charge in [-0.15, -0.1) is 0 Å². The zero-order valence-electron chi connectivity index (χ0n) is 11.4. The first-order valence-electron chi connectivity index (χ1n) is 6.42. The summed E-state index contributed by atoms with van der Waals surface area (Å²) in [4.78, 5) is 12.2. The van der Waals surface area contributed by atoms with Crippen LogP contribution in [-0.2, 0) is 6.42 Å². The monoisotopic (exact) mass is 287 g/mol. The van der Waals surface area contributed by atoms with E-state index >= 15 is 0 Å². The van der Waals surface area contributed by atoms with Gasteiger partial charge in [-0.1, -0.05) is 18.8 Å². The van der Waals surface area contributed by atoms with E-state index in [2.05, 4.69) is 17.2 Å². The molecule has 21 heavy (non-hydrogen) atoms. The van der Waals surface area contributed by atoms with Crippen LogP contribution in [0.5, 0.6) is 0 Å². The fourth-order valence-electron chi connectivity index (χ4n) is 1.87. The minimum Gasteiger partial charge on any atom is -0.469 e. The summed E-state index contributed by atoms with van der Waals surface area (Å²) in [5.74, 6) is 4.80. The number of rotatable bonds is 3. The molecule has 0 bridgehead atoms. The summed E-state index contributed by atoms with van der Waals surface area (Å²) in [5.41, 5.74) is 1.12. The van der Waals surface area contributed by atoms with Crippen molar-refractivity contribution in [2.45, 2.75) is 13.3 Å². The van der Waals surface area contributed by atoms with E-state index in [1.165, 1.54) is 24.5 Å². The topological polar surface area (TPSA) is 62.5 Å². The fraction of sp³-hybridized carbons (Fsp3) is 0.188. The van der Waals surface area contributed by atoms with Crippen LogP contribution in [-0.4, -0.2) is 17.6 Å². The Morgan fingerprint density at radius 1 is 1.43 bits per heavy atom. The van der Waals surface area contributed by atoms with E-state index in [0.29, 0.717) is 29.0 Å². The molecule has 1 heterocycles. The lowest BCUT2D eigenvalue weighted by molar-refractivity contribution is 0.102. The Bertz CT molecular complexity index is 710. The molecule has 2 N–H and O–H groups in total. The maximum absolute atomic E-state index is 13.2. The number of carbonyl (C=O) groups excluding carboxylic acids is 1. The third kappa shape index (κ3) is 3.50. The molecule has 1 aromatic heterocycles. The van der Waals surface area contributed by atoms with Crippen molar-refractivity contribution >= 4 is 11.6 Å². The van der Waals surface area contributed by atoms with Crippen molar-refractivity contribution in [3.8, 4) is 11.8 Å². The maximum atomic E-state index is 13.2. The fourth-order valence-corrected chi connectivity index (χ4v) is 1.87. The molecule has 0 aliphatic heterocycles. The minimum atomic E-state index is -0.465. The van der Waals surface area contributed by atoms with Gasteiger partial charge in [0.15, 0.2) is 0 Å². The van der Waals surface area contributed by atoms with Crippen LogP contribution in [0, 0.1) is 17.7 Å². The van der Waals surface area contributed by atoms with Crippen LogP contribution >= 0.6 is 0 Å². The normalized spacial score (nSPS) is 9.86. The molecule has 0 saturated carbocycles. The van der Waals surface area contributed by atoms with Crippen molar-refractivity contribution < 1.29 is 18.7 Å². The predicted molar refractivity (Wildman–Crippen MR) is 76.4 cm³/mol. The van der Waals surface area contributed by atoms with Gasteiger partial charge in [0.1, 0.15) is 18.2 Å². The highest BCUT2D eigenvalue weighted by Crippen LogP contribution is 2.19. The second-order valence-electron chi connectivity index (χ2n) is 4.21. The van der Waals surface area contributed by atoms with E-state index in [4.69, 9.17) is 9.52 Å². The largest absolute Gasteiger partial charge is 0.469 e. The molecule has 5 heteroatoms. The first kappa shape index (κ1) is 14.8. The molecule has 0 aliphatic carbocycles. The van der Waals surface area contributed by atoms with E-state index in [-0.39, 0.29) is 12.5 Å². The number of aryl methyl sites for hydroxylation is 1. The molecule has 0 fully saturated rings. The van der Waals surface area contributed by atoms with Gasteiger partial charge in [0, 0.05) is 6.42 Å². The predicted octanol–water partition coefficient (Wildman–Crippen LogP) is 2.58. The summed E-state index contributed by atoms with van der Waals surface area (Å²) in [7, 11) is 0. The van der Waals surface area contributed by atoms with E-state index in [1.807, 2.05) is 6.92 Å². The van der Waals surface area contributed by atoms with Gasteiger partial charge in [0.2, 0.25) is 0 Å². The molecule has 108 valence electrons. The van der Waals surface area contributed by atoms with E-state index < -0.39 is 5.82 Å². The van der Waals surface area contributed by atoms with E-state index in [1.54, 1.807) is 6.07 Å². The summed E-state index contributed by atoms with van der Waals surface area (Å²) < 4.78 is 18.5. The molecule has 1 amide bonds. The summed E-state index contributed by atoms with van der Waals surface area (Å²) in [5, 5.41) is 11.4. The molecular weight excluding hydrogens is 273 g/mol. The van der Waals surface area contributed by atoms with Crippen LogP contribution in [0.25, 0.3) is 0 Å². The highest BCUT2D eigenvalue weighted by molar-refractivity contribution is 6.05. The lowest BCUT2D eigenvalue weighted by Crippen LogP contribution is -2.13. The van der Waals surface area contributed by atoms with Gasteiger partial charge in [-0.3, -0.25) is 4.79 Å². The number of anilines is 1. The summed E-state index contributed by atoms with van der Waals surface area (Å²) in [6.07, 6.45) is 2.04. The van der Waals surface area contributed by atoms with Crippen molar-refractivity contribution in [1.29, 1.82) is 0 Å². The average molecular weight is 287 g/mol. The first-order chi connectivity index (χ1) is 10.2. The lowest BCUT2D eigenvalue weighted by Gasteiger charge is -2.07. The van der Waals surface area contributed by atoms with Crippen LogP contribution in [0.15, 0.2) is 34.9 Å². The van der Waals surface area contributed by atoms with Gasteiger partial charge in [-0.25, -0.2) is 4.39 Å². The maximum Gasteiger partial charge on any atom is 0.259 e. The number of carbonyl (C=O) groups is 1. The van der Waals surface area contributed by atoms with E-state index in [9.17, 15) is 9.18 Å². The third-order valence-electron chi connectivity index (χ3n) is 2.84. The average Bonchev–Trinajstić information content (AvgIpc) is 2.96. The second-order valence-corrected chi connectivity index (χ2v) is 4.21. The molecule has 0 atom stereocenters. The van der Waals surface area contributed by atoms with Gasteiger partial charge in [-0.2, -0.15) is 0 Å². The molecule has 0 unspecified atom stereocenters. The van der Waals surface area contributed by atoms with Gasteiger partial charge in [0.05, 0.1) is 23.1 Å². The molecule has 0 radical (unpaired) electrons. The van der Waals surface area contributed by atoms with Crippen LogP contribution in [0.3, 0.4) is 0 Å². The third-order valence-corrected chi connectivity index (χ3v) is 2.84. The number of halogens is 1. The zero-order chi connectivity index (χ0) is 15.2. The molecular formula is C16H14FNO3. The Labute approximate surface area is 121 Å². The van der Waals surface area contributed by atoms with Crippen molar-refractivity contribution in [2.24, 2.45) is 0 Å². The summed E-state index contributed by atoms with van der Waals surface area (Å²) >= 11 is 0. The smallest absolute Gasteiger partial charge is 0.259 e. The van der Waals surface area contributed by atoms with Crippen molar-refractivity contribution in [3.05, 3.63) is 53.2 Å². The van der Waals surface area contributed by atoms with Crippen LogP contribution < -0.4 is 5.32 Å². The lowest BCUT2D eigenvalue weighted by atomic mass is 10.1. The van der Waals surface area contributed by atoms with Crippen LogP contribution in [0.4, 0.5) is 10.1 Å². The SMILES string of the molecule is CCc1occc1C(=O)Nc1ccc(F)cc1C#CCO. The van der Waals surface area contributed by atoms with Gasteiger partial charge >= 0.3 is 0 Å². The zero-order valence-corrected chi connectivity index (χ0v) is 11.4. The van der Waals surface area contributed by atoms with Crippen molar-refractivity contribution in [3.63, 3.8) is 0 Å². The van der Waals surface area contributed by atoms with Gasteiger partial charge in [0.25, 0.3) is 5.91 Å². The molecule has 2 rings (SSSR count). The minimum absolute atomic E-state index is 0.305. The molecule has 0 aliphatic rings. The number of benzene rings is 1. The molecule has 0 spiro atoms. The molecule has 0 saturated heterocycles. The highest BCUT2D eigenvalue weighted by atomic mass is 19.1. The summed E-state index contributed by atoms with van der Waals surface area (Å²) in [6, 6.07) is 5.45. The Hall–Kier alpha value is -2.58. The number of furan rings is 1. The van der Waals surface area contributed by atoms with Gasteiger partial charge < -0.3 is 14.8 Å². The molecule has 2 aromatic rings. The standard InChI is InChI=1S/C16H14FNO3/c1-2-15-13(7-9-21-15)16(20)18-14-6-5-12(17)10-11(14)4-3-8-19/h5-7,9-10,19H,2,8H2,1H3,(H,18,20). The number of amides is 1. The number of aliphatic hydroxyl groups excluding tert-OH is 1. The van der Waals surface area contributed by atoms with Gasteiger partial charge in [-0.05, 0) is 24.3 Å². The molecule has 4 nitrogen and oxygen atoms in total. The number of hydrogen-bond donors (Lipinski definition) is 2. The molecule has 1 aromatic carbocycles. The van der Waals surface area contributed by atoms with E-state index in [0.717, 1.165) is 0 Å². The van der Waals surface area contributed by atoms with Crippen LogP contribution in [0.2, 0.25) is 0 Å². The second kappa shape index (κ2) is 6.73. The number of hydrogen-bond acceptors (Lipinski definition) is 3. The number of nitrogens with one attached hydrogen (secondary N) is 1. The number of aliphatic hydroxyl groups is 1. The Morgan fingerprint density at radius 3 is 2.95 bits per heavy atom. The van der Waals surface area contributed by atoms with Crippen LogP contribution in [0.1, 0.15) is 28.6 Å². The Morgan fingerprint density at radius 2 is 2.24 bits per heavy atom. The quantitative estimate of drug-likeness (QED) is 0.853.